The van der Waals surface area contributed by atoms with Gasteiger partial charge in [-0.3, -0.25) is 9.59 Å². The Morgan fingerprint density at radius 3 is 2.96 bits per heavy atom. The molecule has 2 aliphatic rings. The maximum atomic E-state index is 12.7. The van der Waals surface area contributed by atoms with Crippen LogP contribution in [0.4, 0.5) is 5.13 Å². The molecule has 8 heteroatoms. The van der Waals surface area contributed by atoms with Crippen molar-refractivity contribution in [1.29, 1.82) is 0 Å². The first kappa shape index (κ1) is 18.0. The van der Waals surface area contributed by atoms with Crippen molar-refractivity contribution in [3.8, 4) is 0 Å². The summed E-state index contributed by atoms with van der Waals surface area (Å²) in [5, 5.41) is 3.49. The van der Waals surface area contributed by atoms with E-state index in [-0.39, 0.29) is 16.7 Å². The minimum Gasteiger partial charge on any atom is -0.315 e. The van der Waals surface area contributed by atoms with Crippen LogP contribution in [0.25, 0.3) is 0 Å². The average molecular weight is 452 g/mol. The summed E-state index contributed by atoms with van der Waals surface area (Å²) in [4.78, 5) is 31.8. The fourth-order valence-electron chi connectivity index (χ4n) is 3.45. The van der Waals surface area contributed by atoms with Gasteiger partial charge in [0.25, 0.3) is 0 Å². The number of thiazole rings is 1. The Kier molecular flexibility index (Phi) is 4.83. The maximum Gasteiger partial charge on any atom is 0.249 e. The number of amides is 2. The molecular formula is C18H18BrN3O2S2. The largest absolute Gasteiger partial charge is 0.315 e. The van der Waals surface area contributed by atoms with Crippen LogP contribution in [0.3, 0.4) is 0 Å². The van der Waals surface area contributed by atoms with E-state index in [9.17, 15) is 9.59 Å². The molecule has 2 amide bonds. The number of carbonyl (C=O) groups is 2. The summed E-state index contributed by atoms with van der Waals surface area (Å²) in [5.74, 6) is 0.583. The molecular weight excluding hydrogens is 434 g/mol. The number of aromatic nitrogens is 1. The molecule has 2 unspecified atom stereocenters. The van der Waals surface area contributed by atoms with Crippen molar-refractivity contribution >= 4 is 56.0 Å². The molecule has 3 heterocycles. The van der Waals surface area contributed by atoms with Crippen LogP contribution in [-0.2, 0) is 16.0 Å². The van der Waals surface area contributed by atoms with E-state index in [1.807, 2.05) is 12.1 Å². The molecule has 4 rings (SSSR count). The standard InChI is InChI=1S/C18H18BrN3O2S2/c1-18-7-6-15(23)22(18)14(10-25-18)16(24)21-17-20-9-13(26-17)8-11-2-4-12(19)5-3-11/h2-5,9,14H,6-8,10H2,1H3,(H,20,21,24). The normalized spacial score (nSPS) is 24.8. The lowest BCUT2D eigenvalue weighted by Gasteiger charge is -2.29. The lowest BCUT2D eigenvalue weighted by atomic mass is 10.1. The van der Waals surface area contributed by atoms with Crippen LogP contribution in [0.1, 0.15) is 30.2 Å². The number of rotatable bonds is 4. The van der Waals surface area contributed by atoms with Crippen molar-refractivity contribution in [2.45, 2.75) is 37.1 Å². The van der Waals surface area contributed by atoms with Crippen LogP contribution in [-0.4, -0.2) is 38.4 Å². The molecule has 2 saturated heterocycles. The predicted octanol–water partition coefficient (Wildman–Crippen LogP) is 3.89. The summed E-state index contributed by atoms with van der Waals surface area (Å²) in [6.45, 7) is 2.05. The van der Waals surface area contributed by atoms with E-state index in [2.05, 4.69) is 45.3 Å². The summed E-state index contributed by atoms with van der Waals surface area (Å²) in [6, 6.07) is 7.76. The molecule has 5 nitrogen and oxygen atoms in total. The van der Waals surface area contributed by atoms with Gasteiger partial charge in [0, 0.05) is 34.1 Å². The Hall–Kier alpha value is -1.38. The van der Waals surface area contributed by atoms with Crippen molar-refractivity contribution in [3.63, 3.8) is 0 Å². The first-order valence-corrected chi connectivity index (χ1v) is 11.0. The summed E-state index contributed by atoms with van der Waals surface area (Å²) in [5.41, 5.74) is 1.19. The number of hydrogen-bond acceptors (Lipinski definition) is 5. The number of anilines is 1. The van der Waals surface area contributed by atoms with Gasteiger partial charge in [-0.1, -0.05) is 28.1 Å². The van der Waals surface area contributed by atoms with E-state index in [1.54, 1.807) is 22.9 Å². The highest BCUT2D eigenvalue weighted by atomic mass is 79.9. The zero-order valence-electron chi connectivity index (χ0n) is 14.2. The molecule has 1 aromatic carbocycles. The molecule has 2 fully saturated rings. The monoisotopic (exact) mass is 451 g/mol. The Morgan fingerprint density at radius 1 is 1.42 bits per heavy atom. The highest BCUT2D eigenvalue weighted by Gasteiger charge is 2.52. The van der Waals surface area contributed by atoms with Crippen LogP contribution < -0.4 is 5.32 Å². The molecule has 0 aliphatic carbocycles. The molecule has 0 radical (unpaired) electrons. The van der Waals surface area contributed by atoms with E-state index >= 15 is 0 Å². The van der Waals surface area contributed by atoms with Gasteiger partial charge in [-0.15, -0.1) is 23.1 Å². The number of halogens is 1. The van der Waals surface area contributed by atoms with Crippen LogP contribution in [0.15, 0.2) is 34.9 Å². The van der Waals surface area contributed by atoms with Crippen molar-refractivity contribution in [1.82, 2.24) is 9.88 Å². The van der Waals surface area contributed by atoms with E-state index in [0.717, 1.165) is 22.2 Å². The molecule has 0 bridgehead atoms. The summed E-state index contributed by atoms with van der Waals surface area (Å²) >= 11 is 6.61. The van der Waals surface area contributed by atoms with E-state index < -0.39 is 6.04 Å². The second kappa shape index (κ2) is 6.98. The third-order valence-electron chi connectivity index (χ3n) is 4.82. The van der Waals surface area contributed by atoms with Gasteiger partial charge in [0.1, 0.15) is 6.04 Å². The van der Waals surface area contributed by atoms with Gasteiger partial charge < -0.3 is 10.2 Å². The van der Waals surface area contributed by atoms with Gasteiger partial charge >= 0.3 is 0 Å². The second-order valence-electron chi connectivity index (χ2n) is 6.69. The van der Waals surface area contributed by atoms with E-state index in [4.69, 9.17) is 0 Å². The average Bonchev–Trinajstić information content (AvgIpc) is 3.26. The highest BCUT2D eigenvalue weighted by molar-refractivity contribution is 9.10. The first-order chi connectivity index (χ1) is 12.4. The molecule has 0 saturated carbocycles. The lowest BCUT2D eigenvalue weighted by Crippen LogP contribution is -2.48. The third kappa shape index (κ3) is 3.42. The molecule has 1 aromatic heterocycles. The number of hydrogen-bond donors (Lipinski definition) is 1. The minimum atomic E-state index is -0.404. The second-order valence-corrected chi connectivity index (χ2v) is 10.2. The molecule has 0 spiro atoms. The number of nitrogens with zero attached hydrogens (tertiary/aromatic N) is 2. The van der Waals surface area contributed by atoms with Gasteiger partial charge in [-0.2, -0.15) is 0 Å². The molecule has 2 aromatic rings. The van der Waals surface area contributed by atoms with Gasteiger partial charge in [0.15, 0.2) is 5.13 Å². The van der Waals surface area contributed by atoms with Crippen molar-refractivity contribution in [2.75, 3.05) is 11.1 Å². The highest BCUT2D eigenvalue weighted by Crippen LogP contribution is 2.47. The van der Waals surface area contributed by atoms with Crippen molar-refractivity contribution in [2.24, 2.45) is 0 Å². The van der Waals surface area contributed by atoms with Crippen LogP contribution in [0.5, 0.6) is 0 Å². The maximum absolute atomic E-state index is 12.7. The number of carbonyl (C=O) groups excluding carboxylic acids is 2. The fraction of sp³-hybridized carbons (Fsp3) is 0.389. The molecule has 2 atom stereocenters. The van der Waals surface area contributed by atoms with Crippen molar-refractivity contribution < 1.29 is 9.59 Å². The zero-order chi connectivity index (χ0) is 18.3. The number of nitrogens with one attached hydrogen (secondary N) is 1. The SMILES string of the molecule is CC12CCC(=O)N1C(C(=O)Nc1ncc(Cc3ccc(Br)cc3)s1)CS2. The van der Waals surface area contributed by atoms with Gasteiger partial charge in [-0.05, 0) is 31.0 Å². The lowest BCUT2D eigenvalue weighted by molar-refractivity contribution is -0.135. The van der Waals surface area contributed by atoms with E-state index in [0.29, 0.717) is 17.3 Å². The molecule has 136 valence electrons. The molecule has 26 heavy (non-hydrogen) atoms. The topological polar surface area (TPSA) is 62.3 Å². The summed E-state index contributed by atoms with van der Waals surface area (Å²) in [7, 11) is 0. The Bertz CT molecular complexity index is 854. The zero-order valence-corrected chi connectivity index (χ0v) is 17.4. The van der Waals surface area contributed by atoms with E-state index in [1.165, 1.54) is 16.9 Å². The van der Waals surface area contributed by atoms with Gasteiger partial charge in [0.05, 0.1) is 4.87 Å². The first-order valence-electron chi connectivity index (χ1n) is 8.41. The van der Waals surface area contributed by atoms with Gasteiger partial charge in [-0.25, -0.2) is 4.98 Å². The third-order valence-corrected chi connectivity index (χ3v) is 7.77. The minimum absolute atomic E-state index is 0.0766. The summed E-state index contributed by atoms with van der Waals surface area (Å²) in [6.07, 6.45) is 3.93. The van der Waals surface area contributed by atoms with Crippen LogP contribution in [0, 0.1) is 0 Å². The van der Waals surface area contributed by atoms with Crippen molar-refractivity contribution in [3.05, 3.63) is 45.4 Å². The van der Waals surface area contributed by atoms with Gasteiger partial charge in [0.2, 0.25) is 11.8 Å². The van der Waals surface area contributed by atoms with Crippen LogP contribution in [0.2, 0.25) is 0 Å². The Morgan fingerprint density at radius 2 is 2.19 bits per heavy atom. The molecule has 1 N–H and O–H groups in total. The number of fused-ring (bicyclic) bond motifs is 1. The van der Waals surface area contributed by atoms with Crippen LogP contribution >= 0.6 is 39.0 Å². The fourth-order valence-corrected chi connectivity index (χ4v) is 6.00. The summed E-state index contributed by atoms with van der Waals surface area (Å²) < 4.78 is 1.05. The smallest absolute Gasteiger partial charge is 0.249 e. The predicted molar refractivity (Wildman–Crippen MR) is 108 cm³/mol. The number of benzene rings is 1. The number of thioether (sulfide) groups is 1. The quantitative estimate of drug-likeness (QED) is 0.765. The Balaban J connectivity index is 1.42. The Labute approximate surface area is 168 Å². The molecule has 2 aliphatic heterocycles.